The molecule has 31 heavy (non-hydrogen) atoms. The number of aryl methyl sites for hydroxylation is 2. The molecular weight excluding hydrogens is 392 g/mol. The van der Waals surface area contributed by atoms with Crippen LogP contribution in [0.25, 0.3) is 28.1 Å². The van der Waals surface area contributed by atoms with Crippen molar-refractivity contribution in [3.8, 4) is 17.2 Å². The number of nitrogens with two attached hydrogens (primary N) is 1. The Morgan fingerprint density at radius 2 is 1.90 bits per heavy atom. The lowest BCUT2D eigenvalue weighted by molar-refractivity contribution is 0.133. The van der Waals surface area contributed by atoms with Crippen LogP contribution in [0.3, 0.4) is 0 Å². The minimum atomic E-state index is -0.591. The Balaban J connectivity index is 1.59. The van der Waals surface area contributed by atoms with E-state index in [1.54, 1.807) is 29.5 Å². The van der Waals surface area contributed by atoms with E-state index in [4.69, 9.17) is 10.7 Å². The number of piperidine rings is 1. The fraction of sp³-hybridized carbons (Fsp3) is 0.318. The summed E-state index contributed by atoms with van der Waals surface area (Å²) < 4.78 is 1.78. The van der Waals surface area contributed by atoms with E-state index in [0.717, 1.165) is 40.1 Å². The first-order valence-electron chi connectivity index (χ1n) is 10.3. The molecule has 1 aliphatic heterocycles. The summed E-state index contributed by atoms with van der Waals surface area (Å²) in [7, 11) is 0. The van der Waals surface area contributed by atoms with Crippen LogP contribution < -0.4 is 10.6 Å². The molecule has 3 N–H and O–H groups in total. The Morgan fingerprint density at radius 1 is 1.03 bits per heavy atom. The molecule has 4 aromatic rings. The van der Waals surface area contributed by atoms with Crippen molar-refractivity contribution in [2.45, 2.75) is 39.0 Å². The third-order valence-electron chi connectivity index (χ3n) is 5.60. The Labute approximate surface area is 179 Å². The molecule has 0 spiro atoms. The summed E-state index contributed by atoms with van der Waals surface area (Å²) in [6.45, 7) is 4.45. The van der Waals surface area contributed by atoms with E-state index < -0.39 is 6.23 Å². The van der Waals surface area contributed by atoms with Gasteiger partial charge in [-0.3, -0.25) is 9.97 Å². The highest BCUT2D eigenvalue weighted by Gasteiger charge is 2.27. The maximum absolute atomic E-state index is 10.5. The lowest BCUT2D eigenvalue weighted by Crippen LogP contribution is -2.49. The van der Waals surface area contributed by atoms with Crippen molar-refractivity contribution in [1.82, 2.24) is 29.7 Å². The predicted molar refractivity (Wildman–Crippen MR) is 118 cm³/mol. The smallest absolute Gasteiger partial charge is 0.156 e. The molecule has 158 valence electrons. The zero-order valence-electron chi connectivity index (χ0n) is 17.5. The van der Waals surface area contributed by atoms with Crippen molar-refractivity contribution in [1.29, 1.82) is 0 Å². The number of aliphatic hydroxyl groups is 1. The molecule has 4 aromatic heterocycles. The molecule has 0 aromatic carbocycles. The first-order valence-corrected chi connectivity index (χ1v) is 10.3. The van der Waals surface area contributed by atoms with Crippen LogP contribution in [0.1, 0.15) is 24.1 Å². The van der Waals surface area contributed by atoms with Crippen LogP contribution in [0.4, 0.5) is 5.82 Å². The van der Waals surface area contributed by atoms with E-state index >= 15 is 0 Å². The van der Waals surface area contributed by atoms with Gasteiger partial charge in [-0.25, -0.2) is 14.6 Å². The molecular formula is C22H24N8O. The molecule has 1 fully saturated rings. The Kier molecular flexibility index (Phi) is 4.84. The average molecular weight is 416 g/mol. The number of aromatic nitrogens is 6. The van der Waals surface area contributed by atoms with Crippen LogP contribution in [0, 0.1) is 13.8 Å². The largest absolute Gasteiger partial charge is 0.374 e. The molecule has 5 rings (SSSR count). The van der Waals surface area contributed by atoms with Gasteiger partial charge in [-0.05, 0) is 44.4 Å². The topological polar surface area (TPSA) is 119 Å². The predicted octanol–water partition coefficient (Wildman–Crippen LogP) is 2.14. The highest BCUT2D eigenvalue weighted by molar-refractivity contribution is 5.82. The molecule has 1 aliphatic rings. The quantitative estimate of drug-likeness (QED) is 0.521. The second-order valence-corrected chi connectivity index (χ2v) is 8.01. The van der Waals surface area contributed by atoms with Gasteiger partial charge in [-0.15, -0.1) is 0 Å². The second-order valence-electron chi connectivity index (χ2n) is 8.01. The lowest BCUT2D eigenvalue weighted by atomic mass is 10.0. The van der Waals surface area contributed by atoms with Crippen molar-refractivity contribution in [3.63, 3.8) is 0 Å². The molecule has 0 aliphatic carbocycles. The third-order valence-corrected chi connectivity index (χ3v) is 5.60. The first kappa shape index (κ1) is 19.5. The molecule has 1 unspecified atom stereocenters. The van der Waals surface area contributed by atoms with Crippen LogP contribution in [-0.2, 0) is 0 Å². The summed E-state index contributed by atoms with van der Waals surface area (Å²) >= 11 is 0. The monoisotopic (exact) mass is 416 g/mol. The molecule has 9 nitrogen and oxygen atoms in total. The maximum atomic E-state index is 10.5. The Bertz CT molecular complexity index is 1250. The number of fused-ring (bicyclic) bond motifs is 1. The number of hydrogen-bond acceptors (Lipinski definition) is 8. The fourth-order valence-electron chi connectivity index (χ4n) is 3.96. The third kappa shape index (κ3) is 3.62. The summed E-state index contributed by atoms with van der Waals surface area (Å²) in [5.74, 6) is 1.39. The number of rotatable bonds is 3. The van der Waals surface area contributed by atoms with E-state index in [9.17, 15) is 5.11 Å². The standard InChI is InChI=1S/C22H24N8O/c1-13-3-5-20(28-22(13)29-12-16(23)4-6-21(29)31)30-19-7-17(25-9-15(19)10-26-30)18-11-24-8-14(2)27-18/h3,5,7-11,16,21,31H,4,6,12,23H2,1-2H3/t16-,21?/m0/s1. The van der Waals surface area contributed by atoms with Crippen molar-refractivity contribution in [3.05, 3.63) is 54.2 Å². The Hall–Kier alpha value is -3.43. The summed E-state index contributed by atoms with van der Waals surface area (Å²) in [5.41, 5.74) is 10.2. The van der Waals surface area contributed by atoms with E-state index in [2.05, 4.69) is 20.1 Å². The van der Waals surface area contributed by atoms with Crippen LogP contribution in [0.5, 0.6) is 0 Å². The van der Waals surface area contributed by atoms with Gasteiger partial charge in [0.05, 0.1) is 29.3 Å². The van der Waals surface area contributed by atoms with Gasteiger partial charge in [-0.1, -0.05) is 6.07 Å². The highest BCUT2D eigenvalue weighted by atomic mass is 16.3. The van der Waals surface area contributed by atoms with Gasteiger partial charge in [0.25, 0.3) is 0 Å². The van der Waals surface area contributed by atoms with Gasteiger partial charge in [0.1, 0.15) is 17.7 Å². The van der Waals surface area contributed by atoms with Crippen molar-refractivity contribution >= 4 is 16.7 Å². The summed E-state index contributed by atoms with van der Waals surface area (Å²) in [6, 6.07) is 5.88. The fourth-order valence-corrected chi connectivity index (χ4v) is 3.96. The highest BCUT2D eigenvalue weighted by Crippen LogP contribution is 2.27. The zero-order valence-corrected chi connectivity index (χ0v) is 17.5. The van der Waals surface area contributed by atoms with Crippen molar-refractivity contribution < 1.29 is 5.11 Å². The van der Waals surface area contributed by atoms with E-state index in [1.165, 1.54) is 0 Å². The summed E-state index contributed by atoms with van der Waals surface area (Å²) in [6.07, 6.45) is 7.80. The number of anilines is 1. The lowest BCUT2D eigenvalue weighted by Gasteiger charge is -2.37. The van der Waals surface area contributed by atoms with E-state index in [1.807, 2.05) is 36.9 Å². The molecule has 0 saturated carbocycles. The van der Waals surface area contributed by atoms with Crippen LogP contribution in [0.15, 0.2) is 43.0 Å². The molecule has 9 heteroatoms. The van der Waals surface area contributed by atoms with Gasteiger partial charge >= 0.3 is 0 Å². The van der Waals surface area contributed by atoms with Gasteiger partial charge < -0.3 is 15.7 Å². The van der Waals surface area contributed by atoms with Crippen molar-refractivity contribution in [2.75, 3.05) is 11.4 Å². The van der Waals surface area contributed by atoms with Gasteiger partial charge in [0.2, 0.25) is 0 Å². The molecule has 0 bridgehead atoms. The average Bonchev–Trinajstić information content (AvgIpc) is 3.19. The van der Waals surface area contributed by atoms with Gasteiger partial charge in [0.15, 0.2) is 5.82 Å². The minimum Gasteiger partial charge on any atom is -0.374 e. The van der Waals surface area contributed by atoms with Crippen LogP contribution in [0.2, 0.25) is 0 Å². The molecule has 5 heterocycles. The second kappa shape index (κ2) is 7.68. The zero-order chi connectivity index (χ0) is 21.5. The van der Waals surface area contributed by atoms with E-state index in [0.29, 0.717) is 24.5 Å². The minimum absolute atomic E-state index is 0.0165. The number of nitrogens with zero attached hydrogens (tertiary/aromatic N) is 7. The maximum Gasteiger partial charge on any atom is 0.156 e. The molecule has 0 radical (unpaired) electrons. The molecule has 1 saturated heterocycles. The number of hydrogen-bond donors (Lipinski definition) is 2. The SMILES string of the molecule is Cc1cncc(-c2cc3c(cn2)cnn3-c2ccc(C)c(N3C[C@@H](N)CCC3O)n2)n1. The summed E-state index contributed by atoms with van der Waals surface area (Å²) in [4.78, 5) is 20.0. The van der Waals surface area contributed by atoms with Gasteiger partial charge in [0, 0.05) is 30.4 Å². The van der Waals surface area contributed by atoms with Crippen LogP contribution >= 0.6 is 0 Å². The normalized spacial score (nSPS) is 19.2. The summed E-state index contributed by atoms with van der Waals surface area (Å²) in [5, 5.41) is 16.0. The van der Waals surface area contributed by atoms with Gasteiger partial charge in [-0.2, -0.15) is 5.10 Å². The van der Waals surface area contributed by atoms with E-state index in [-0.39, 0.29) is 6.04 Å². The number of pyridine rings is 2. The number of aliphatic hydroxyl groups excluding tert-OH is 1. The molecule has 2 atom stereocenters. The van der Waals surface area contributed by atoms with Crippen LogP contribution in [-0.4, -0.2) is 53.6 Å². The first-order chi connectivity index (χ1) is 15.0. The Morgan fingerprint density at radius 3 is 2.74 bits per heavy atom. The molecule has 0 amide bonds. The van der Waals surface area contributed by atoms with Crippen molar-refractivity contribution in [2.24, 2.45) is 5.73 Å².